The van der Waals surface area contributed by atoms with Crippen LogP contribution in [0.1, 0.15) is 46.0 Å². The maximum Gasteiger partial charge on any atom is 0.161 e. The average molecular weight is 213 g/mol. The van der Waals surface area contributed by atoms with Gasteiger partial charge in [0.05, 0.1) is 6.10 Å². The Kier molecular flexibility index (Phi) is 5.26. The molecule has 1 saturated heterocycles. The Balaban J connectivity index is 2.29. The van der Waals surface area contributed by atoms with Crippen molar-refractivity contribution in [3.8, 4) is 0 Å². The molecule has 2 N–H and O–H groups in total. The van der Waals surface area contributed by atoms with Crippen molar-refractivity contribution in [2.24, 2.45) is 11.7 Å². The Labute approximate surface area is 92.4 Å². The van der Waals surface area contributed by atoms with Crippen molar-refractivity contribution in [3.05, 3.63) is 0 Å². The van der Waals surface area contributed by atoms with Gasteiger partial charge in [-0.3, -0.25) is 4.79 Å². The standard InChI is InChI=1S/C12H23NO2/c1-3-4-9(2)7-11(14)12-6-5-10(8-13)15-12/h9-10,12H,3-8,13H2,1-2H3. The third kappa shape index (κ3) is 3.92. The molecule has 3 atom stereocenters. The smallest absolute Gasteiger partial charge is 0.161 e. The number of ether oxygens (including phenoxy) is 1. The predicted octanol–water partition coefficient (Wildman–Crippen LogP) is 1.89. The molecule has 0 saturated carbocycles. The van der Waals surface area contributed by atoms with Crippen LogP contribution in [0.5, 0.6) is 0 Å². The van der Waals surface area contributed by atoms with E-state index in [0.717, 1.165) is 25.7 Å². The van der Waals surface area contributed by atoms with Crippen LogP contribution in [0.15, 0.2) is 0 Å². The fourth-order valence-corrected chi connectivity index (χ4v) is 2.19. The van der Waals surface area contributed by atoms with Gasteiger partial charge in [0.25, 0.3) is 0 Å². The second-order valence-electron chi connectivity index (χ2n) is 4.62. The molecule has 1 heterocycles. The number of Topliss-reactive ketones (excluding diaryl/α,β-unsaturated/α-hetero) is 1. The van der Waals surface area contributed by atoms with E-state index in [1.54, 1.807) is 0 Å². The first-order chi connectivity index (χ1) is 7.17. The van der Waals surface area contributed by atoms with Crippen LogP contribution < -0.4 is 5.73 Å². The van der Waals surface area contributed by atoms with Crippen molar-refractivity contribution in [3.63, 3.8) is 0 Å². The van der Waals surface area contributed by atoms with Gasteiger partial charge in [0, 0.05) is 13.0 Å². The highest BCUT2D eigenvalue weighted by Gasteiger charge is 2.29. The van der Waals surface area contributed by atoms with Gasteiger partial charge in [-0.15, -0.1) is 0 Å². The van der Waals surface area contributed by atoms with Crippen molar-refractivity contribution >= 4 is 5.78 Å². The van der Waals surface area contributed by atoms with Crippen molar-refractivity contribution < 1.29 is 9.53 Å². The largest absolute Gasteiger partial charge is 0.366 e. The molecule has 0 aromatic heterocycles. The van der Waals surface area contributed by atoms with Gasteiger partial charge in [-0.1, -0.05) is 26.7 Å². The number of carbonyl (C=O) groups excluding carboxylic acids is 1. The molecule has 3 nitrogen and oxygen atoms in total. The Bertz CT molecular complexity index is 206. The van der Waals surface area contributed by atoms with Gasteiger partial charge in [0.15, 0.2) is 5.78 Å². The summed E-state index contributed by atoms with van der Waals surface area (Å²) in [5.41, 5.74) is 5.51. The topological polar surface area (TPSA) is 52.3 Å². The third-order valence-electron chi connectivity index (χ3n) is 3.06. The van der Waals surface area contributed by atoms with Gasteiger partial charge in [0.1, 0.15) is 6.10 Å². The summed E-state index contributed by atoms with van der Waals surface area (Å²) in [5.74, 6) is 0.759. The van der Waals surface area contributed by atoms with Crippen LogP contribution in [0.25, 0.3) is 0 Å². The molecule has 1 rings (SSSR count). The normalized spacial score (nSPS) is 27.9. The van der Waals surface area contributed by atoms with Crippen molar-refractivity contribution in [1.82, 2.24) is 0 Å². The summed E-state index contributed by atoms with van der Waals surface area (Å²) in [5, 5.41) is 0. The molecule has 0 aromatic carbocycles. The minimum absolute atomic E-state index is 0.112. The number of ketones is 1. The summed E-state index contributed by atoms with van der Waals surface area (Å²) in [6.07, 6.45) is 4.67. The molecule has 1 fully saturated rings. The van der Waals surface area contributed by atoms with E-state index in [-0.39, 0.29) is 18.0 Å². The second-order valence-corrected chi connectivity index (χ2v) is 4.62. The van der Waals surface area contributed by atoms with E-state index in [2.05, 4.69) is 13.8 Å². The Morgan fingerprint density at radius 2 is 2.27 bits per heavy atom. The van der Waals surface area contributed by atoms with Gasteiger partial charge < -0.3 is 10.5 Å². The minimum Gasteiger partial charge on any atom is -0.366 e. The van der Waals surface area contributed by atoms with Crippen LogP contribution in [-0.2, 0) is 9.53 Å². The van der Waals surface area contributed by atoms with Gasteiger partial charge in [0.2, 0.25) is 0 Å². The monoisotopic (exact) mass is 213 g/mol. The van der Waals surface area contributed by atoms with E-state index in [1.807, 2.05) is 0 Å². The van der Waals surface area contributed by atoms with Gasteiger partial charge in [-0.05, 0) is 18.8 Å². The van der Waals surface area contributed by atoms with Crippen LogP contribution in [0.3, 0.4) is 0 Å². The first kappa shape index (κ1) is 12.7. The summed E-state index contributed by atoms with van der Waals surface area (Å²) in [6, 6.07) is 0. The zero-order valence-corrected chi connectivity index (χ0v) is 9.87. The fourth-order valence-electron chi connectivity index (χ4n) is 2.19. The summed E-state index contributed by atoms with van der Waals surface area (Å²) < 4.78 is 5.58. The van der Waals surface area contributed by atoms with Gasteiger partial charge in [-0.2, -0.15) is 0 Å². The Morgan fingerprint density at radius 3 is 2.80 bits per heavy atom. The van der Waals surface area contributed by atoms with Crippen molar-refractivity contribution in [2.75, 3.05) is 6.54 Å². The van der Waals surface area contributed by atoms with E-state index < -0.39 is 0 Å². The van der Waals surface area contributed by atoms with E-state index in [4.69, 9.17) is 10.5 Å². The van der Waals surface area contributed by atoms with Crippen LogP contribution in [0.4, 0.5) is 0 Å². The first-order valence-electron chi connectivity index (χ1n) is 6.05. The zero-order valence-electron chi connectivity index (χ0n) is 9.87. The van der Waals surface area contributed by atoms with Gasteiger partial charge >= 0.3 is 0 Å². The highest BCUT2D eigenvalue weighted by molar-refractivity contribution is 5.83. The van der Waals surface area contributed by atoms with Crippen LogP contribution in [0.2, 0.25) is 0 Å². The third-order valence-corrected chi connectivity index (χ3v) is 3.06. The lowest BCUT2D eigenvalue weighted by Gasteiger charge is -2.14. The molecule has 88 valence electrons. The lowest BCUT2D eigenvalue weighted by atomic mass is 9.96. The minimum atomic E-state index is -0.169. The molecule has 0 bridgehead atoms. The average Bonchev–Trinajstić information content (AvgIpc) is 2.66. The SMILES string of the molecule is CCCC(C)CC(=O)C1CCC(CN)O1. The lowest BCUT2D eigenvalue weighted by Crippen LogP contribution is -2.26. The van der Waals surface area contributed by atoms with Crippen LogP contribution in [-0.4, -0.2) is 24.5 Å². The molecule has 0 amide bonds. The number of hydrogen-bond acceptors (Lipinski definition) is 3. The number of hydrogen-bond donors (Lipinski definition) is 1. The molecule has 1 aliphatic heterocycles. The molecule has 0 radical (unpaired) electrons. The van der Waals surface area contributed by atoms with Crippen LogP contribution in [0, 0.1) is 5.92 Å². The summed E-state index contributed by atoms with van der Waals surface area (Å²) in [7, 11) is 0. The lowest BCUT2D eigenvalue weighted by molar-refractivity contribution is -0.130. The maximum absolute atomic E-state index is 11.8. The number of nitrogens with two attached hydrogens (primary N) is 1. The fraction of sp³-hybridized carbons (Fsp3) is 0.917. The van der Waals surface area contributed by atoms with Crippen molar-refractivity contribution in [1.29, 1.82) is 0 Å². The molecular formula is C12H23NO2. The number of rotatable bonds is 6. The summed E-state index contributed by atoms with van der Waals surface area (Å²) in [4.78, 5) is 11.8. The highest BCUT2D eigenvalue weighted by atomic mass is 16.5. The molecule has 15 heavy (non-hydrogen) atoms. The second kappa shape index (κ2) is 6.23. The van der Waals surface area contributed by atoms with E-state index >= 15 is 0 Å². The van der Waals surface area contributed by atoms with Gasteiger partial charge in [-0.25, -0.2) is 0 Å². The molecule has 1 aliphatic rings. The highest BCUT2D eigenvalue weighted by Crippen LogP contribution is 2.22. The molecular weight excluding hydrogens is 190 g/mol. The molecule has 3 heteroatoms. The molecule has 0 aromatic rings. The zero-order chi connectivity index (χ0) is 11.3. The van der Waals surface area contributed by atoms with E-state index in [1.165, 1.54) is 0 Å². The van der Waals surface area contributed by atoms with E-state index in [9.17, 15) is 4.79 Å². The summed E-state index contributed by atoms with van der Waals surface area (Å²) >= 11 is 0. The Hall–Kier alpha value is -0.410. The Morgan fingerprint density at radius 1 is 1.53 bits per heavy atom. The predicted molar refractivity (Wildman–Crippen MR) is 60.6 cm³/mol. The number of carbonyl (C=O) groups is 1. The quantitative estimate of drug-likeness (QED) is 0.733. The summed E-state index contributed by atoms with van der Waals surface area (Å²) in [6.45, 7) is 4.82. The molecule has 3 unspecified atom stereocenters. The first-order valence-corrected chi connectivity index (χ1v) is 6.05. The van der Waals surface area contributed by atoms with Crippen LogP contribution >= 0.6 is 0 Å². The van der Waals surface area contributed by atoms with E-state index in [0.29, 0.717) is 18.9 Å². The molecule has 0 spiro atoms. The van der Waals surface area contributed by atoms with Crippen molar-refractivity contribution in [2.45, 2.75) is 58.2 Å². The molecule has 0 aliphatic carbocycles. The maximum atomic E-state index is 11.8.